The lowest BCUT2D eigenvalue weighted by molar-refractivity contribution is 1.19. The second kappa shape index (κ2) is 3.32. The van der Waals surface area contributed by atoms with Gasteiger partial charge in [0.1, 0.15) is 0 Å². The molecule has 2 heterocycles. The van der Waals surface area contributed by atoms with E-state index in [-0.39, 0.29) is 0 Å². The number of halogens is 1. The molecule has 2 aromatic heterocycles. The molecule has 0 saturated heterocycles. The summed E-state index contributed by atoms with van der Waals surface area (Å²) in [4.78, 5) is 9.10. The standard InChI is InChI=1S/C8H6ClN3S/c9-5-1-7(13-4-5)8-11-2-6(10)3-12-8/h1-4H,10H2. The molecule has 13 heavy (non-hydrogen) atoms. The average molecular weight is 212 g/mol. The number of aromatic nitrogens is 2. The van der Waals surface area contributed by atoms with Crippen LogP contribution in [0.3, 0.4) is 0 Å². The van der Waals surface area contributed by atoms with E-state index in [2.05, 4.69) is 9.97 Å². The number of nitrogens with zero attached hydrogens (tertiary/aromatic N) is 2. The van der Waals surface area contributed by atoms with Crippen LogP contribution in [0, 0.1) is 0 Å². The fourth-order valence-corrected chi connectivity index (χ4v) is 1.92. The Hall–Kier alpha value is -1.13. The smallest absolute Gasteiger partial charge is 0.169 e. The molecule has 0 aromatic carbocycles. The van der Waals surface area contributed by atoms with Crippen LogP contribution in [0.2, 0.25) is 5.02 Å². The van der Waals surface area contributed by atoms with Crippen molar-refractivity contribution in [2.45, 2.75) is 0 Å². The summed E-state index contributed by atoms with van der Waals surface area (Å²) in [5, 5.41) is 2.55. The fourth-order valence-electron chi connectivity index (χ4n) is 0.896. The lowest BCUT2D eigenvalue weighted by Crippen LogP contribution is -1.90. The van der Waals surface area contributed by atoms with Gasteiger partial charge in [-0.25, -0.2) is 9.97 Å². The molecule has 0 saturated carbocycles. The summed E-state index contributed by atoms with van der Waals surface area (Å²) in [6, 6.07) is 1.83. The highest BCUT2D eigenvalue weighted by atomic mass is 35.5. The molecule has 0 aliphatic rings. The second-order valence-electron chi connectivity index (χ2n) is 2.47. The predicted octanol–water partition coefficient (Wildman–Crippen LogP) is 2.44. The first-order valence-electron chi connectivity index (χ1n) is 3.57. The molecule has 0 spiro atoms. The summed E-state index contributed by atoms with van der Waals surface area (Å²) < 4.78 is 0. The van der Waals surface area contributed by atoms with Crippen molar-refractivity contribution in [2.24, 2.45) is 0 Å². The molecule has 2 rings (SSSR count). The first kappa shape index (κ1) is 8.47. The highest BCUT2D eigenvalue weighted by Gasteiger charge is 2.03. The molecular formula is C8H6ClN3S. The number of anilines is 1. The van der Waals surface area contributed by atoms with Gasteiger partial charge in [-0.1, -0.05) is 11.6 Å². The highest BCUT2D eigenvalue weighted by Crippen LogP contribution is 2.26. The minimum Gasteiger partial charge on any atom is -0.396 e. The van der Waals surface area contributed by atoms with Gasteiger partial charge < -0.3 is 5.73 Å². The van der Waals surface area contributed by atoms with Crippen molar-refractivity contribution in [1.82, 2.24) is 9.97 Å². The Kier molecular flexibility index (Phi) is 2.16. The molecule has 0 unspecified atom stereocenters. The summed E-state index contributed by atoms with van der Waals surface area (Å²) in [5.74, 6) is 0.658. The van der Waals surface area contributed by atoms with Crippen LogP contribution in [0.4, 0.5) is 5.69 Å². The summed E-state index contributed by atoms with van der Waals surface area (Å²) in [6.07, 6.45) is 3.16. The number of thiophene rings is 1. The second-order valence-corrected chi connectivity index (χ2v) is 3.82. The largest absolute Gasteiger partial charge is 0.396 e. The van der Waals surface area contributed by atoms with E-state index in [4.69, 9.17) is 17.3 Å². The van der Waals surface area contributed by atoms with Gasteiger partial charge in [0.05, 0.1) is 28.0 Å². The van der Waals surface area contributed by atoms with E-state index in [1.54, 1.807) is 12.4 Å². The van der Waals surface area contributed by atoms with Gasteiger partial charge in [0.2, 0.25) is 0 Å². The molecule has 2 N–H and O–H groups in total. The quantitative estimate of drug-likeness (QED) is 0.788. The number of nitrogen functional groups attached to an aromatic ring is 1. The van der Waals surface area contributed by atoms with Crippen LogP contribution < -0.4 is 5.73 Å². The van der Waals surface area contributed by atoms with E-state index in [0.717, 1.165) is 4.88 Å². The van der Waals surface area contributed by atoms with E-state index in [1.807, 2.05) is 11.4 Å². The molecule has 0 aliphatic heterocycles. The Balaban J connectivity index is 2.41. The molecule has 5 heteroatoms. The molecule has 0 radical (unpaired) electrons. The molecule has 2 aromatic rings. The summed E-state index contributed by atoms with van der Waals surface area (Å²) in [5.41, 5.74) is 6.02. The predicted molar refractivity (Wildman–Crippen MR) is 54.8 cm³/mol. The van der Waals surface area contributed by atoms with Gasteiger partial charge in [-0.3, -0.25) is 0 Å². The minimum absolute atomic E-state index is 0.561. The average Bonchev–Trinajstić information content (AvgIpc) is 2.53. The van der Waals surface area contributed by atoms with Crippen molar-refractivity contribution in [1.29, 1.82) is 0 Å². The van der Waals surface area contributed by atoms with E-state index < -0.39 is 0 Å². The maximum Gasteiger partial charge on any atom is 0.169 e. The van der Waals surface area contributed by atoms with Crippen LogP contribution in [-0.2, 0) is 0 Å². The zero-order chi connectivity index (χ0) is 9.26. The third-order valence-corrected chi connectivity index (χ3v) is 2.73. The summed E-state index contributed by atoms with van der Waals surface area (Å²) >= 11 is 7.28. The van der Waals surface area contributed by atoms with Gasteiger partial charge >= 0.3 is 0 Å². The molecule has 0 bridgehead atoms. The van der Waals surface area contributed by atoms with Gasteiger partial charge in [-0.15, -0.1) is 11.3 Å². The van der Waals surface area contributed by atoms with Gasteiger partial charge in [0, 0.05) is 5.38 Å². The highest BCUT2D eigenvalue weighted by molar-refractivity contribution is 7.14. The molecule has 0 aliphatic carbocycles. The van der Waals surface area contributed by atoms with Crippen molar-refractivity contribution in [3.8, 4) is 10.7 Å². The molecule has 3 nitrogen and oxygen atoms in total. The van der Waals surface area contributed by atoms with Crippen molar-refractivity contribution in [3.05, 3.63) is 28.9 Å². The molecule has 66 valence electrons. The van der Waals surface area contributed by atoms with E-state index in [0.29, 0.717) is 16.5 Å². The van der Waals surface area contributed by atoms with Crippen LogP contribution in [0.25, 0.3) is 10.7 Å². The maximum atomic E-state index is 5.77. The topological polar surface area (TPSA) is 51.8 Å². The lowest BCUT2D eigenvalue weighted by atomic mass is 10.4. The van der Waals surface area contributed by atoms with Crippen LogP contribution in [0.15, 0.2) is 23.8 Å². The van der Waals surface area contributed by atoms with Gasteiger partial charge in [0.25, 0.3) is 0 Å². The van der Waals surface area contributed by atoms with Gasteiger partial charge in [-0.2, -0.15) is 0 Å². The van der Waals surface area contributed by atoms with Crippen LogP contribution >= 0.6 is 22.9 Å². The molecular weight excluding hydrogens is 206 g/mol. The normalized spacial score (nSPS) is 10.2. The number of hydrogen-bond acceptors (Lipinski definition) is 4. The zero-order valence-electron chi connectivity index (χ0n) is 6.57. The van der Waals surface area contributed by atoms with Crippen LogP contribution in [0.5, 0.6) is 0 Å². The Morgan fingerprint density at radius 3 is 2.54 bits per heavy atom. The Morgan fingerprint density at radius 1 is 1.31 bits per heavy atom. The van der Waals surface area contributed by atoms with Crippen molar-refractivity contribution in [2.75, 3.05) is 5.73 Å². The summed E-state index contributed by atoms with van der Waals surface area (Å²) in [6.45, 7) is 0. The van der Waals surface area contributed by atoms with E-state index >= 15 is 0 Å². The Bertz CT molecular complexity index is 410. The maximum absolute atomic E-state index is 5.77. The summed E-state index contributed by atoms with van der Waals surface area (Å²) in [7, 11) is 0. The monoisotopic (exact) mass is 211 g/mol. The van der Waals surface area contributed by atoms with Gasteiger partial charge in [0.15, 0.2) is 5.82 Å². The molecule has 0 fully saturated rings. The third kappa shape index (κ3) is 1.79. The lowest BCUT2D eigenvalue weighted by Gasteiger charge is -1.94. The van der Waals surface area contributed by atoms with Crippen molar-refractivity contribution < 1.29 is 0 Å². The van der Waals surface area contributed by atoms with Crippen molar-refractivity contribution in [3.63, 3.8) is 0 Å². The number of hydrogen-bond donors (Lipinski definition) is 1. The third-order valence-electron chi connectivity index (χ3n) is 1.46. The minimum atomic E-state index is 0.561. The zero-order valence-corrected chi connectivity index (χ0v) is 8.14. The Labute approximate surface area is 84.2 Å². The SMILES string of the molecule is Nc1cnc(-c2cc(Cl)cs2)nc1. The van der Waals surface area contributed by atoms with Crippen LogP contribution in [-0.4, -0.2) is 9.97 Å². The first-order valence-corrected chi connectivity index (χ1v) is 4.83. The van der Waals surface area contributed by atoms with Crippen molar-refractivity contribution >= 4 is 28.6 Å². The fraction of sp³-hybridized carbons (Fsp3) is 0. The van der Waals surface area contributed by atoms with Gasteiger partial charge in [-0.05, 0) is 6.07 Å². The first-order chi connectivity index (χ1) is 6.25. The Morgan fingerprint density at radius 2 is 2.00 bits per heavy atom. The van der Waals surface area contributed by atoms with Crippen LogP contribution in [0.1, 0.15) is 0 Å². The number of rotatable bonds is 1. The number of nitrogens with two attached hydrogens (primary N) is 1. The molecule has 0 atom stereocenters. The molecule has 0 amide bonds. The van der Waals surface area contributed by atoms with E-state index in [1.165, 1.54) is 11.3 Å². The van der Waals surface area contributed by atoms with E-state index in [9.17, 15) is 0 Å².